The number of carbonyl (C=O) groups excluding carboxylic acids is 2. The summed E-state index contributed by atoms with van der Waals surface area (Å²) in [6, 6.07) is 18.5. The molecule has 4 rings (SSSR count). The number of hydrogen-bond donors (Lipinski definition) is 3. The Bertz CT molecular complexity index is 1580. The van der Waals surface area contributed by atoms with Crippen LogP contribution in [0, 0.1) is 11.8 Å². The fourth-order valence-corrected chi connectivity index (χ4v) is 4.77. The third-order valence-corrected chi connectivity index (χ3v) is 6.92. The number of benzene rings is 2. The Labute approximate surface area is 254 Å². The van der Waals surface area contributed by atoms with Gasteiger partial charge < -0.3 is 29.6 Å². The Morgan fingerprint density at radius 1 is 0.907 bits per heavy atom. The molecule has 43 heavy (non-hydrogen) atoms. The van der Waals surface area contributed by atoms with Crippen molar-refractivity contribution in [1.29, 1.82) is 0 Å². The summed E-state index contributed by atoms with van der Waals surface area (Å²) in [6.45, 7) is 2.51. The lowest BCUT2D eigenvalue weighted by Crippen LogP contribution is -2.20. The summed E-state index contributed by atoms with van der Waals surface area (Å²) in [5.41, 5.74) is 2.49. The lowest BCUT2D eigenvalue weighted by molar-refractivity contribution is -0.121. The maximum Gasteiger partial charge on any atom is 0.252 e. The number of fused-ring (bicyclic) bond motifs is 1. The molecule has 0 aliphatic carbocycles. The molecule has 0 saturated carbocycles. The molecule has 0 saturated heterocycles. The van der Waals surface area contributed by atoms with Gasteiger partial charge in [0.2, 0.25) is 0 Å². The largest absolute Gasteiger partial charge is 0.382 e. The summed E-state index contributed by atoms with van der Waals surface area (Å²) in [7, 11) is 3.23. The van der Waals surface area contributed by atoms with Gasteiger partial charge in [0.15, 0.2) is 0 Å². The van der Waals surface area contributed by atoms with Crippen LogP contribution < -0.4 is 10.6 Å². The molecule has 0 fully saturated rings. The molecule has 2 aromatic carbocycles. The number of nitrogens with one attached hydrogen (secondary N) is 3. The van der Waals surface area contributed by atoms with E-state index in [2.05, 4.69) is 37.7 Å². The average Bonchev–Trinajstić information content (AvgIpc) is 3.43. The van der Waals surface area contributed by atoms with Crippen LogP contribution in [-0.4, -0.2) is 87.4 Å². The molecule has 12 heteroatoms. The summed E-state index contributed by atoms with van der Waals surface area (Å²) < 4.78 is 20.9. The van der Waals surface area contributed by atoms with Crippen molar-refractivity contribution in [2.24, 2.45) is 0 Å². The number of H-pyrrole nitrogens is 1. The van der Waals surface area contributed by atoms with E-state index in [0.29, 0.717) is 55.8 Å². The number of methoxy groups -OCH3 is 1. The van der Waals surface area contributed by atoms with Gasteiger partial charge in [-0.05, 0) is 54.3 Å². The third kappa shape index (κ3) is 9.92. The van der Waals surface area contributed by atoms with Crippen molar-refractivity contribution in [3.05, 3.63) is 77.6 Å². The number of anilines is 1. The molecule has 2 amide bonds. The van der Waals surface area contributed by atoms with Gasteiger partial charge >= 0.3 is 0 Å². The van der Waals surface area contributed by atoms with E-state index < -0.39 is 0 Å². The number of pyridine rings is 1. The second kappa shape index (κ2) is 17.0. The van der Waals surface area contributed by atoms with E-state index in [4.69, 9.17) is 18.9 Å². The number of rotatable bonds is 15. The highest BCUT2D eigenvalue weighted by atomic mass is 32.2. The smallest absolute Gasteiger partial charge is 0.252 e. The van der Waals surface area contributed by atoms with Crippen LogP contribution in [0.5, 0.6) is 0 Å². The third-order valence-electron chi connectivity index (χ3n) is 5.86. The second-order valence-electron chi connectivity index (χ2n) is 8.93. The van der Waals surface area contributed by atoms with Gasteiger partial charge in [-0.15, -0.1) is 0 Å². The van der Waals surface area contributed by atoms with E-state index >= 15 is 0 Å². The van der Waals surface area contributed by atoms with Crippen LogP contribution in [0.1, 0.15) is 21.7 Å². The van der Waals surface area contributed by atoms with Crippen molar-refractivity contribution >= 4 is 40.3 Å². The Hall–Kier alpha value is -4.25. The van der Waals surface area contributed by atoms with Gasteiger partial charge in [-0.2, -0.15) is 5.10 Å². The van der Waals surface area contributed by atoms with Crippen molar-refractivity contribution in [2.45, 2.75) is 9.79 Å². The predicted molar refractivity (Wildman–Crippen MR) is 163 cm³/mol. The Balaban J connectivity index is 1.28. The maximum atomic E-state index is 12.2. The van der Waals surface area contributed by atoms with Crippen LogP contribution in [0.2, 0.25) is 0 Å². The van der Waals surface area contributed by atoms with Crippen LogP contribution in [0.15, 0.2) is 70.5 Å². The van der Waals surface area contributed by atoms with Gasteiger partial charge in [0.1, 0.15) is 23.8 Å². The molecule has 0 bridgehead atoms. The standard InChI is InChI=1S/C31H33N5O6S/c1-32-31(38)25-7-3-4-8-28(25)43-23-11-12-24-26(35-36-27(24)20-23)13-10-22-6-5-9-29(33-22)34-30(37)21-42-19-18-41-17-16-40-15-14-39-2/h3-9,11-12,20H,14-19,21H2,1-2H3,(H,32,38)(H,35,36)(H,33,34,37). The van der Waals surface area contributed by atoms with Crippen LogP contribution in [0.25, 0.3) is 10.9 Å². The lowest BCUT2D eigenvalue weighted by atomic mass is 10.2. The Morgan fingerprint density at radius 3 is 2.47 bits per heavy atom. The first-order chi connectivity index (χ1) is 21.1. The monoisotopic (exact) mass is 603 g/mol. The van der Waals surface area contributed by atoms with E-state index in [0.717, 1.165) is 20.7 Å². The lowest BCUT2D eigenvalue weighted by Gasteiger charge is -2.08. The molecule has 0 unspecified atom stereocenters. The topological polar surface area (TPSA) is 137 Å². The number of hydrogen-bond acceptors (Lipinski definition) is 9. The molecule has 0 spiro atoms. The van der Waals surface area contributed by atoms with E-state index in [1.807, 2.05) is 36.4 Å². The average molecular weight is 604 g/mol. The van der Waals surface area contributed by atoms with Gasteiger partial charge in [0.05, 0.1) is 50.7 Å². The molecule has 4 aromatic rings. The van der Waals surface area contributed by atoms with E-state index in [1.54, 1.807) is 38.4 Å². The number of nitrogens with zero attached hydrogens (tertiary/aromatic N) is 2. The minimum atomic E-state index is -0.328. The van der Waals surface area contributed by atoms with Gasteiger partial charge in [0.25, 0.3) is 11.8 Å². The molecule has 0 aliphatic rings. The Morgan fingerprint density at radius 2 is 1.67 bits per heavy atom. The molecular weight excluding hydrogens is 570 g/mol. The van der Waals surface area contributed by atoms with Crippen LogP contribution in [-0.2, 0) is 23.7 Å². The number of aromatic nitrogens is 3. The highest BCUT2D eigenvalue weighted by molar-refractivity contribution is 7.99. The first kappa shape index (κ1) is 31.7. The number of amides is 2. The van der Waals surface area contributed by atoms with Crippen LogP contribution >= 0.6 is 11.8 Å². The van der Waals surface area contributed by atoms with Gasteiger partial charge in [-0.25, -0.2) is 4.98 Å². The number of aromatic amines is 1. The number of ether oxygens (including phenoxy) is 4. The predicted octanol–water partition coefficient (Wildman–Crippen LogP) is 3.50. The fraction of sp³-hybridized carbons (Fsp3) is 0.290. The first-order valence-corrected chi connectivity index (χ1v) is 14.4. The minimum Gasteiger partial charge on any atom is -0.382 e. The highest BCUT2D eigenvalue weighted by Gasteiger charge is 2.12. The van der Waals surface area contributed by atoms with E-state index in [-0.39, 0.29) is 25.0 Å². The van der Waals surface area contributed by atoms with Gasteiger partial charge in [0, 0.05) is 29.3 Å². The van der Waals surface area contributed by atoms with E-state index in [9.17, 15) is 9.59 Å². The van der Waals surface area contributed by atoms with Gasteiger partial charge in [-0.3, -0.25) is 14.7 Å². The highest BCUT2D eigenvalue weighted by Crippen LogP contribution is 2.32. The SMILES string of the molecule is CNC(=O)c1ccccc1Sc1ccc2c(C#Cc3cccc(NC(=O)COCCOCCOCCOC)n3)n[nH]c2c1. The molecule has 0 aliphatic heterocycles. The number of carbonyl (C=O) groups is 2. The molecule has 3 N–H and O–H groups in total. The zero-order chi connectivity index (χ0) is 30.3. The van der Waals surface area contributed by atoms with Crippen LogP contribution in [0.4, 0.5) is 5.82 Å². The molecule has 2 heterocycles. The molecule has 0 atom stereocenters. The van der Waals surface area contributed by atoms with Crippen molar-refractivity contribution in [3.8, 4) is 11.8 Å². The zero-order valence-corrected chi connectivity index (χ0v) is 24.8. The maximum absolute atomic E-state index is 12.2. The summed E-state index contributed by atoms with van der Waals surface area (Å²) in [4.78, 5) is 30.7. The Kier molecular flexibility index (Phi) is 12.5. The summed E-state index contributed by atoms with van der Waals surface area (Å²) in [5.74, 6) is 5.98. The molecule has 0 radical (unpaired) electrons. The molecule has 2 aromatic heterocycles. The minimum absolute atomic E-state index is 0.123. The quantitative estimate of drug-likeness (QED) is 0.138. The molecular formula is C31H33N5O6S. The normalized spacial score (nSPS) is 10.7. The molecule has 224 valence electrons. The second-order valence-corrected chi connectivity index (χ2v) is 10.0. The van der Waals surface area contributed by atoms with E-state index in [1.165, 1.54) is 11.8 Å². The van der Waals surface area contributed by atoms with Crippen molar-refractivity contribution < 1.29 is 28.5 Å². The van der Waals surface area contributed by atoms with Crippen LogP contribution in [0.3, 0.4) is 0 Å². The summed E-state index contributed by atoms with van der Waals surface area (Å²) in [5, 5.41) is 13.6. The summed E-state index contributed by atoms with van der Waals surface area (Å²) >= 11 is 1.50. The first-order valence-electron chi connectivity index (χ1n) is 13.6. The fourth-order valence-electron chi connectivity index (χ4n) is 3.79. The van der Waals surface area contributed by atoms with Crippen molar-refractivity contribution in [1.82, 2.24) is 20.5 Å². The van der Waals surface area contributed by atoms with Crippen molar-refractivity contribution in [3.63, 3.8) is 0 Å². The van der Waals surface area contributed by atoms with Gasteiger partial charge in [-0.1, -0.05) is 30.0 Å². The zero-order valence-electron chi connectivity index (χ0n) is 24.0. The summed E-state index contributed by atoms with van der Waals surface area (Å²) in [6.07, 6.45) is 0. The molecule has 11 nitrogen and oxygen atoms in total. The van der Waals surface area contributed by atoms with Crippen molar-refractivity contribution in [2.75, 3.05) is 65.7 Å².